The maximum absolute atomic E-state index is 12.6. The van der Waals surface area contributed by atoms with Gasteiger partial charge in [0.05, 0.1) is 23.4 Å². The number of aliphatic hydroxyl groups is 1. The molecule has 0 spiro atoms. The van der Waals surface area contributed by atoms with Crippen LogP contribution >= 0.6 is 12.2 Å². The molecule has 1 heterocycles. The second kappa shape index (κ2) is 9.66. The topological polar surface area (TPSA) is 102 Å². The lowest BCUT2D eigenvalue weighted by molar-refractivity contribution is -0.182. The lowest BCUT2D eigenvalue weighted by Crippen LogP contribution is -2.66. The Hall–Kier alpha value is -2.32. The van der Waals surface area contributed by atoms with E-state index in [-0.39, 0.29) is 11.8 Å². The van der Waals surface area contributed by atoms with Gasteiger partial charge in [0.2, 0.25) is 12.7 Å². The SMILES string of the molecule is C[C@@H](O)C(C(=O)OCOC(=O)C(C)(C)C)[C@@H]1C(=O)N[C@@H]1[C@@H](C)C(=S)c1ccccc1. The van der Waals surface area contributed by atoms with Crippen molar-refractivity contribution in [3.63, 3.8) is 0 Å². The van der Waals surface area contributed by atoms with Crippen molar-refractivity contribution in [2.75, 3.05) is 6.79 Å². The number of β-lactam (4-membered cyclic amide) rings is 1. The Balaban J connectivity index is 2.08. The Kier molecular flexibility index (Phi) is 7.71. The van der Waals surface area contributed by atoms with Crippen LogP contribution < -0.4 is 5.32 Å². The minimum absolute atomic E-state index is 0.238. The van der Waals surface area contributed by atoms with Crippen molar-refractivity contribution in [2.45, 2.75) is 46.8 Å². The normalized spacial score (nSPS) is 21.5. The van der Waals surface area contributed by atoms with Gasteiger partial charge in [0.25, 0.3) is 0 Å². The van der Waals surface area contributed by atoms with Crippen molar-refractivity contribution in [1.29, 1.82) is 0 Å². The molecular weight excluding hydrogens is 406 g/mol. The second-order valence-corrected chi connectivity index (χ2v) is 9.05. The number of carbonyl (C=O) groups excluding carboxylic acids is 3. The Morgan fingerprint density at radius 1 is 1.17 bits per heavy atom. The highest BCUT2D eigenvalue weighted by atomic mass is 32.1. The lowest BCUT2D eigenvalue weighted by atomic mass is 9.71. The lowest BCUT2D eigenvalue weighted by Gasteiger charge is -2.44. The van der Waals surface area contributed by atoms with Gasteiger partial charge in [-0.3, -0.25) is 14.4 Å². The van der Waals surface area contributed by atoms with Crippen LogP contribution in [0, 0.1) is 23.2 Å². The monoisotopic (exact) mass is 435 g/mol. The summed E-state index contributed by atoms with van der Waals surface area (Å²) in [5.41, 5.74) is 0.127. The van der Waals surface area contributed by atoms with Crippen LogP contribution in [-0.2, 0) is 23.9 Å². The summed E-state index contributed by atoms with van der Waals surface area (Å²) in [5.74, 6) is -3.81. The van der Waals surface area contributed by atoms with E-state index >= 15 is 0 Å². The van der Waals surface area contributed by atoms with Gasteiger partial charge in [-0.25, -0.2) is 0 Å². The largest absolute Gasteiger partial charge is 0.428 e. The van der Waals surface area contributed by atoms with E-state index in [4.69, 9.17) is 21.7 Å². The third-order valence-electron chi connectivity index (χ3n) is 5.19. The molecule has 1 unspecified atom stereocenters. The molecule has 1 aliphatic rings. The zero-order valence-corrected chi connectivity index (χ0v) is 18.7. The van der Waals surface area contributed by atoms with Crippen LogP contribution in [0.3, 0.4) is 0 Å². The first-order valence-corrected chi connectivity index (χ1v) is 10.3. The van der Waals surface area contributed by atoms with E-state index in [0.29, 0.717) is 4.86 Å². The first-order chi connectivity index (χ1) is 13.9. The summed E-state index contributed by atoms with van der Waals surface area (Å²) in [6.07, 6.45) is -1.13. The number of amides is 1. The average molecular weight is 436 g/mol. The van der Waals surface area contributed by atoms with Gasteiger partial charge in [-0.05, 0) is 33.3 Å². The summed E-state index contributed by atoms with van der Waals surface area (Å²) in [6, 6.07) is 8.99. The van der Waals surface area contributed by atoms with E-state index in [2.05, 4.69) is 5.32 Å². The summed E-state index contributed by atoms with van der Waals surface area (Å²) < 4.78 is 10.0. The maximum Gasteiger partial charge on any atom is 0.315 e. The Morgan fingerprint density at radius 2 is 1.77 bits per heavy atom. The zero-order chi connectivity index (χ0) is 22.6. The summed E-state index contributed by atoms with van der Waals surface area (Å²) in [4.78, 5) is 37.4. The van der Waals surface area contributed by atoms with Gasteiger partial charge in [0, 0.05) is 16.8 Å². The minimum atomic E-state index is -1.13. The molecule has 1 aromatic rings. The van der Waals surface area contributed by atoms with Gasteiger partial charge < -0.3 is 19.9 Å². The van der Waals surface area contributed by atoms with E-state index < -0.39 is 48.1 Å². The standard InChI is InChI=1S/C22H29NO6S/c1-12(18(30)14-9-7-6-8-10-14)17-16(19(25)23-17)15(13(2)24)20(26)28-11-29-21(27)22(3,4)5/h6-10,12-13,15-17,24H,11H2,1-5H3,(H,23,25)/t12-,13-,15?,16+,17-/m1/s1. The number of ether oxygens (including phenoxy) is 2. The molecule has 7 nitrogen and oxygen atoms in total. The molecule has 8 heteroatoms. The molecule has 5 atom stereocenters. The molecule has 30 heavy (non-hydrogen) atoms. The summed E-state index contributed by atoms with van der Waals surface area (Å²) in [6.45, 7) is 7.76. The first-order valence-electron chi connectivity index (χ1n) is 9.86. The molecule has 0 bridgehead atoms. The van der Waals surface area contributed by atoms with Gasteiger partial charge in [-0.15, -0.1) is 0 Å². The highest BCUT2D eigenvalue weighted by molar-refractivity contribution is 7.80. The van der Waals surface area contributed by atoms with E-state index in [9.17, 15) is 19.5 Å². The fourth-order valence-electron chi connectivity index (χ4n) is 3.37. The van der Waals surface area contributed by atoms with Crippen LogP contribution in [-0.4, -0.2) is 46.8 Å². The molecule has 1 fully saturated rings. The Labute approximate surface area is 182 Å². The van der Waals surface area contributed by atoms with Crippen LogP contribution in [0.4, 0.5) is 0 Å². The molecule has 1 amide bonds. The molecule has 0 saturated carbocycles. The minimum Gasteiger partial charge on any atom is -0.428 e. The number of nitrogens with one attached hydrogen (secondary N) is 1. The molecule has 1 saturated heterocycles. The third-order valence-corrected chi connectivity index (χ3v) is 5.80. The molecule has 1 aliphatic heterocycles. The van der Waals surface area contributed by atoms with Crippen LogP contribution in [0.15, 0.2) is 30.3 Å². The maximum atomic E-state index is 12.6. The second-order valence-electron chi connectivity index (χ2n) is 8.61. The highest BCUT2D eigenvalue weighted by Crippen LogP contribution is 2.34. The van der Waals surface area contributed by atoms with Crippen molar-refractivity contribution >= 4 is 34.9 Å². The van der Waals surface area contributed by atoms with Crippen LogP contribution in [0.2, 0.25) is 0 Å². The van der Waals surface area contributed by atoms with Crippen molar-refractivity contribution in [2.24, 2.45) is 23.2 Å². The highest BCUT2D eigenvalue weighted by Gasteiger charge is 2.52. The summed E-state index contributed by atoms with van der Waals surface area (Å²) in [7, 11) is 0. The molecule has 0 aromatic heterocycles. The van der Waals surface area contributed by atoms with Crippen molar-refractivity contribution < 1.29 is 29.0 Å². The number of hydrogen-bond acceptors (Lipinski definition) is 7. The molecule has 0 radical (unpaired) electrons. The summed E-state index contributed by atoms with van der Waals surface area (Å²) in [5, 5.41) is 13.0. The molecule has 2 N–H and O–H groups in total. The molecular formula is C22H29NO6S. The number of carbonyl (C=O) groups is 3. The predicted molar refractivity (Wildman–Crippen MR) is 114 cm³/mol. The van der Waals surface area contributed by atoms with Crippen LogP contribution in [0.1, 0.15) is 40.2 Å². The number of hydrogen-bond donors (Lipinski definition) is 2. The third kappa shape index (κ3) is 5.43. The quantitative estimate of drug-likeness (QED) is 0.212. The van der Waals surface area contributed by atoms with E-state index in [0.717, 1.165) is 5.56 Å². The number of benzene rings is 1. The molecule has 2 rings (SSSR count). The van der Waals surface area contributed by atoms with Gasteiger partial charge in [0.15, 0.2) is 0 Å². The smallest absolute Gasteiger partial charge is 0.315 e. The Bertz CT molecular complexity index is 802. The van der Waals surface area contributed by atoms with E-state index in [1.54, 1.807) is 20.8 Å². The zero-order valence-electron chi connectivity index (χ0n) is 17.9. The van der Waals surface area contributed by atoms with E-state index in [1.165, 1.54) is 6.92 Å². The fraction of sp³-hybridized carbons (Fsp3) is 0.545. The van der Waals surface area contributed by atoms with Gasteiger partial charge in [-0.2, -0.15) is 0 Å². The van der Waals surface area contributed by atoms with Crippen molar-refractivity contribution in [3.05, 3.63) is 35.9 Å². The van der Waals surface area contributed by atoms with Gasteiger partial charge >= 0.3 is 11.9 Å². The van der Waals surface area contributed by atoms with Gasteiger partial charge in [0.1, 0.15) is 0 Å². The predicted octanol–water partition coefficient (Wildman–Crippen LogP) is 2.24. The first kappa shape index (κ1) is 24.0. The number of rotatable bonds is 8. The fourth-order valence-corrected chi connectivity index (χ4v) is 3.65. The van der Waals surface area contributed by atoms with Crippen molar-refractivity contribution in [1.82, 2.24) is 5.32 Å². The van der Waals surface area contributed by atoms with E-state index in [1.807, 2.05) is 37.3 Å². The van der Waals surface area contributed by atoms with Crippen molar-refractivity contribution in [3.8, 4) is 0 Å². The number of aliphatic hydroxyl groups excluding tert-OH is 1. The van der Waals surface area contributed by atoms with Crippen LogP contribution in [0.5, 0.6) is 0 Å². The van der Waals surface area contributed by atoms with Gasteiger partial charge in [-0.1, -0.05) is 49.5 Å². The molecule has 1 aromatic carbocycles. The molecule has 0 aliphatic carbocycles. The van der Waals surface area contributed by atoms with Crippen LogP contribution in [0.25, 0.3) is 0 Å². The Morgan fingerprint density at radius 3 is 2.27 bits per heavy atom. The average Bonchev–Trinajstić information content (AvgIpc) is 2.68. The summed E-state index contributed by atoms with van der Waals surface area (Å²) >= 11 is 5.58. The molecule has 164 valence electrons. The number of thiocarbonyl (C=S) groups is 1. The number of esters is 2.